The van der Waals surface area contributed by atoms with Gasteiger partial charge in [-0.3, -0.25) is 0 Å². The Bertz CT molecular complexity index is 297. The van der Waals surface area contributed by atoms with Crippen LogP contribution in [0.2, 0.25) is 0 Å². The fourth-order valence-corrected chi connectivity index (χ4v) is 1.84. The lowest BCUT2D eigenvalue weighted by Crippen LogP contribution is -2.25. The number of nitrogens with zero attached hydrogens (tertiary/aromatic N) is 1. The molecule has 90 valence electrons. The first kappa shape index (κ1) is 13.2. The van der Waals surface area contributed by atoms with Crippen LogP contribution in [0.25, 0.3) is 0 Å². The van der Waals surface area contributed by atoms with Gasteiger partial charge in [-0.2, -0.15) is 0 Å². The monoisotopic (exact) mass is 220 g/mol. The maximum atomic E-state index is 3.18. The van der Waals surface area contributed by atoms with Gasteiger partial charge in [-0.05, 0) is 58.1 Å². The lowest BCUT2D eigenvalue weighted by Gasteiger charge is -2.17. The molecule has 2 heteroatoms. The molecule has 0 aromatic heterocycles. The van der Waals surface area contributed by atoms with Gasteiger partial charge in [0.2, 0.25) is 0 Å². The molecule has 0 radical (unpaired) electrons. The Morgan fingerprint density at radius 2 is 1.94 bits per heavy atom. The predicted octanol–water partition coefficient (Wildman–Crippen LogP) is 2.08. The molecule has 0 bridgehead atoms. The lowest BCUT2D eigenvalue weighted by atomic mass is 10.1. The van der Waals surface area contributed by atoms with E-state index in [4.69, 9.17) is 0 Å². The van der Waals surface area contributed by atoms with Crippen LogP contribution in [-0.4, -0.2) is 38.6 Å². The van der Waals surface area contributed by atoms with Crippen LogP contribution in [0.5, 0.6) is 0 Å². The Morgan fingerprint density at radius 3 is 2.62 bits per heavy atom. The van der Waals surface area contributed by atoms with Gasteiger partial charge < -0.3 is 10.2 Å². The average molecular weight is 220 g/mol. The first-order chi connectivity index (χ1) is 7.74. The standard InChI is InChI=1S/C14H24N2/c1-13-7-4-5-8-14(13)9-12-16(3)11-6-10-15-2/h4-5,7-8,15H,6,9-12H2,1-3H3. The van der Waals surface area contributed by atoms with Gasteiger partial charge in [0.1, 0.15) is 0 Å². The van der Waals surface area contributed by atoms with E-state index in [0.29, 0.717) is 0 Å². The molecule has 0 aliphatic rings. The van der Waals surface area contributed by atoms with Crippen molar-refractivity contribution in [3.05, 3.63) is 35.4 Å². The SMILES string of the molecule is CNCCCN(C)CCc1ccccc1C. The molecule has 1 rings (SSSR count). The molecular formula is C14H24N2. The molecule has 0 heterocycles. The first-order valence-electron chi connectivity index (χ1n) is 6.11. The highest BCUT2D eigenvalue weighted by atomic mass is 15.1. The maximum Gasteiger partial charge on any atom is 0.00189 e. The second-order valence-electron chi connectivity index (χ2n) is 4.44. The van der Waals surface area contributed by atoms with Crippen molar-refractivity contribution in [3.8, 4) is 0 Å². The highest BCUT2D eigenvalue weighted by Crippen LogP contribution is 2.07. The third-order valence-electron chi connectivity index (χ3n) is 2.99. The van der Waals surface area contributed by atoms with E-state index in [9.17, 15) is 0 Å². The zero-order valence-electron chi connectivity index (χ0n) is 10.8. The molecule has 0 saturated heterocycles. The number of benzene rings is 1. The van der Waals surface area contributed by atoms with Crippen molar-refractivity contribution in [2.24, 2.45) is 0 Å². The van der Waals surface area contributed by atoms with E-state index in [2.05, 4.69) is 48.5 Å². The minimum absolute atomic E-state index is 1.11. The average Bonchev–Trinajstić information content (AvgIpc) is 2.28. The van der Waals surface area contributed by atoms with Crippen molar-refractivity contribution in [2.45, 2.75) is 19.8 Å². The van der Waals surface area contributed by atoms with Crippen LogP contribution in [0.4, 0.5) is 0 Å². The summed E-state index contributed by atoms with van der Waals surface area (Å²) in [5.41, 5.74) is 2.88. The minimum atomic E-state index is 1.11. The topological polar surface area (TPSA) is 15.3 Å². The smallest absolute Gasteiger partial charge is 0.00189 e. The summed E-state index contributed by atoms with van der Waals surface area (Å²) < 4.78 is 0. The third kappa shape index (κ3) is 4.77. The molecule has 0 amide bonds. The summed E-state index contributed by atoms with van der Waals surface area (Å²) in [6, 6.07) is 8.66. The highest BCUT2D eigenvalue weighted by molar-refractivity contribution is 5.25. The van der Waals surface area contributed by atoms with Gasteiger partial charge in [0.25, 0.3) is 0 Å². The fourth-order valence-electron chi connectivity index (χ4n) is 1.84. The molecule has 0 saturated carbocycles. The second-order valence-corrected chi connectivity index (χ2v) is 4.44. The van der Waals surface area contributed by atoms with Crippen LogP contribution < -0.4 is 5.32 Å². The normalized spacial score (nSPS) is 11.0. The summed E-state index contributed by atoms with van der Waals surface area (Å²) in [5, 5.41) is 3.18. The van der Waals surface area contributed by atoms with Crippen LogP contribution in [0.15, 0.2) is 24.3 Å². The van der Waals surface area contributed by atoms with E-state index in [1.54, 1.807) is 0 Å². The first-order valence-corrected chi connectivity index (χ1v) is 6.11. The van der Waals surface area contributed by atoms with E-state index in [1.807, 2.05) is 7.05 Å². The Kier molecular flexibility index (Phi) is 6.12. The number of likely N-dealkylation sites (N-methyl/N-ethyl adjacent to an activating group) is 1. The summed E-state index contributed by atoms with van der Waals surface area (Å²) in [6.45, 7) is 5.62. The molecule has 0 unspecified atom stereocenters. The predicted molar refractivity (Wildman–Crippen MR) is 70.9 cm³/mol. The molecule has 0 fully saturated rings. The Morgan fingerprint density at radius 1 is 1.19 bits per heavy atom. The van der Waals surface area contributed by atoms with Crippen molar-refractivity contribution in [3.63, 3.8) is 0 Å². The molecule has 0 spiro atoms. The summed E-state index contributed by atoms with van der Waals surface area (Å²) >= 11 is 0. The van der Waals surface area contributed by atoms with E-state index in [-0.39, 0.29) is 0 Å². The molecule has 1 aromatic carbocycles. The maximum absolute atomic E-state index is 3.18. The van der Waals surface area contributed by atoms with Crippen LogP contribution in [-0.2, 0) is 6.42 Å². The number of nitrogens with one attached hydrogen (secondary N) is 1. The van der Waals surface area contributed by atoms with Crippen LogP contribution in [0.3, 0.4) is 0 Å². The zero-order chi connectivity index (χ0) is 11.8. The van der Waals surface area contributed by atoms with Gasteiger partial charge in [-0.1, -0.05) is 24.3 Å². The number of aryl methyl sites for hydroxylation is 1. The van der Waals surface area contributed by atoms with Crippen LogP contribution >= 0.6 is 0 Å². The molecule has 1 N–H and O–H groups in total. The third-order valence-corrected chi connectivity index (χ3v) is 2.99. The minimum Gasteiger partial charge on any atom is -0.320 e. The van der Waals surface area contributed by atoms with E-state index in [0.717, 1.165) is 19.5 Å². The largest absolute Gasteiger partial charge is 0.320 e. The molecule has 1 aromatic rings. The van der Waals surface area contributed by atoms with E-state index < -0.39 is 0 Å². The lowest BCUT2D eigenvalue weighted by molar-refractivity contribution is 0.332. The van der Waals surface area contributed by atoms with Crippen LogP contribution in [0.1, 0.15) is 17.5 Å². The van der Waals surface area contributed by atoms with Gasteiger partial charge in [-0.25, -0.2) is 0 Å². The Balaban J connectivity index is 2.26. The van der Waals surface area contributed by atoms with E-state index >= 15 is 0 Å². The Hall–Kier alpha value is -0.860. The number of rotatable bonds is 7. The molecule has 2 nitrogen and oxygen atoms in total. The fraction of sp³-hybridized carbons (Fsp3) is 0.571. The second kappa shape index (κ2) is 7.42. The molecular weight excluding hydrogens is 196 g/mol. The summed E-state index contributed by atoms with van der Waals surface area (Å²) in [6.07, 6.45) is 2.38. The van der Waals surface area contributed by atoms with Gasteiger partial charge >= 0.3 is 0 Å². The molecule has 16 heavy (non-hydrogen) atoms. The zero-order valence-corrected chi connectivity index (χ0v) is 10.8. The van der Waals surface area contributed by atoms with Gasteiger partial charge in [0, 0.05) is 6.54 Å². The number of hydrogen-bond donors (Lipinski definition) is 1. The van der Waals surface area contributed by atoms with Crippen molar-refractivity contribution in [1.82, 2.24) is 10.2 Å². The molecule has 0 aliphatic carbocycles. The van der Waals surface area contributed by atoms with Crippen molar-refractivity contribution >= 4 is 0 Å². The highest BCUT2D eigenvalue weighted by Gasteiger charge is 2.00. The molecule has 0 aliphatic heterocycles. The summed E-state index contributed by atoms with van der Waals surface area (Å²) in [7, 11) is 4.21. The quantitative estimate of drug-likeness (QED) is 0.708. The van der Waals surface area contributed by atoms with Crippen molar-refractivity contribution in [1.29, 1.82) is 0 Å². The van der Waals surface area contributed by atoms with Gasteiger partial charge in [-0.15, -0.1) is 0 Å². The van der Waals surface area contributed by atoms with Crippen molar-refractivity contribution < 1.29 is 0 Å². The summed E-state index contributed by atoms with van der Waals surface area (Å²) in [4.78, 5) is 2.41. The Labute approximate surface area is 99.7 Å². The summed E-state index contributed by atoms with van der Waals surface area (Å²) in [5.74, 6) is 0. The van der Waals surface area contributed by atoms with E-state index in [1.165, 1.54) is 24.1 Å². The number of hydrogen-bond acceptors (Lipinski definition) is 2. The van der Waals surface area contributed by atoms with Crippen molar-refractivity contribution in [2.75, 3.05) is 33.7 Å². The van der Waals surface area contributed by atoms with Gasteiger partial charge in [0.15, 0.2) is 0 Å². The van der Waals surface area contributed by atoms with Gasteiger partial charge in [0.05, 0.1) is 0 Å². The van der Waals surface area contributed by atoms with Crippen LogP contribution in [0, 0.1) is 6.92 Å². The molecule has 0 atom stereocenters.